The van der Waals surface area contributed by atoms with E-state index in [1.165, 1.54) is 18.2 Å². The summed E-state index contributed by atoms with van der Waals surface area (Å²) >= 11 is 0. The first-order chi connectivity index (χ1) is 13.9. The van der Waals surface area contributed by atoms with E-state index in [9.17, 15) is 8.42 Å². The van der Waals surface area contributed by atoms with Crippen LogP contribution in [0, 0.1) is 0 Å². The summed E-state index contributed by atoms with van der Waals surface area (Å²) in [5.41, 5.74) is 3.20. The molecule has 1 unspecified atom stereocenters. The lowest BCUT2D eigenvalue weighted by Crippen LogP contribution is -2.35. The van der Waals surface area contributed by atoms with Crippen molar-refractivity contribution in [3.05, 3.63) is 60.4 Å². The van der Waals surface area contributed by atoms with Crippen molar-refractivity contribution in [1.82, 2.24) is 14.5 Å². The minimum atomic E-state index is -3.21. The standard InChI is InChI=1S/C23H29N3O2S/c1-18(19-6-4-3-5-7-19)10-13-25-14-11-20(12-15-25)26-17-24-22-16-21(29(2,27)28)8-9-23(22)26/h3-9,16-18,20H,10-15H2,1-2H3. The van der Waals surface area contributed by atoms with Gasteiger partial charge in [-0.15, -0.1) is 0 Å². The third-order valence-corrected chi connectivity index (χ3v) is 7.28. The molecule has 2 heterocycles. The van der Waals surface area contributed by atoms with Gasteiger partial charge in [0.2, 0.25) is 0 Å². The number of benzene rings is 2. The quantitative estimate of drug-likeness (QED) is 0.608. The molecule has 0 amide bonds. The highest BCUT2D eigenvalue weighted by Crippen LogP contribution is 2.28. The number of nitrogens with zero attached hydrogens (tertiary/aromatic N) is 3. The van der Waals surface area contributed by atoms with Crippen molar-refractivity contribution in [2.45, 2.75) is 43.0 Å². The minimum absolute atomic E-state index is 0.331. The highest BCUT2D eigenvalue weighted by atomic mass is 32.2. The number of likely N-dealkylation sites (tertiary alicyclic amines) is 1. The van der Waals surface area contributed by atoms with Gasteiger partial charge in [0.25, 0.3) is 0 Å². The summed E-state index contributed by atoms with van der Waals surface area (Å²) in [4.78, 5) is 7.36. The van der Waals surface area contributed by atoms with Crippen LogP contribution in [0.4, 0.5) is 0 Å². The first kappa shape index (κ1) is 20.1. The number of aromatic nitrogens is 2. The zero-order chi connectivity index (χ0) is 20.4. The molecule has 0 N–H and O–H groups in total. The highest BCUT2D eigenvalue weighted by molar-refractivity contribution is 7.90. The molecule has 2 aromatic carbocycles. The van der Waals surface area contributed by atoms with Gasteiger partial charge in [-0.1, -0.05) is 37.3 Å². The van der Waals surface area contributed by atoms with Crippen molar-refractivity contribution in [1.29, 1.82) is 0 Å². The van der Waals surface area contributed by atoms with Crippen LogP contribution >= 0.6 is 0 Å². The number of sulfone groups is 1. The van der Waals surface area contributed by atoms with Crippen molar-refractivity contribution in [2.75, 3.05) is 25.9 Å². The van der Waals surface area contributed by atoms with Crippen LogP contribution in [0.1, 0.15) is 43.7 Å². The first-order valence-corrected chi connectivity index (χ1v) is 12.2. The van der Waals surface area contributed by atoms with Crippen LogP contribution < -0.4 is 0 Å². The second-order valence-corrected chi connectivity index (χ2v) is 10.3. The highest BCUT2D eigenvalue weighted by Gasteiger charge is 2.22. The number of imidazole rings is 1. The average molecular weight is 412 g/mol. The van der Waals surface area contributed by atoms with Gasteiger partial charge in [-0.2, -0.15) is 0 Å². The van der Waals surface area contributed by atoms with Crippen LogP contribution in [0.5, 0.6) is 0 Å². The molecule has 0 bridgehead atoms. The summed E-state index contributed by atoms with van der Waals surface area (Å²) in [6, 6.07) is 16.4. The van der Waals surface area contributed by atoms with Crippen molar-refractivity contribution in [2.24, 2.45) is 0 Å². The van der Waals surface area contributed by atoms with Crippen LogP contribution in [-0.4, -0.2) is 48.8 Å². The fourth-order valence-electron chi connectivity index (χ4n) is 4.28. The Bertz CT molecular complexity index is 1070. The SMILES string of the molecule is CC(CCN1CCC(n2cnc3cc(S(C)(=O)=O)ccc32)CC1)c1ccccc1. The van der Waals surface area contributed by atoms with Gasteiger partial charge in [-0.3, -0.25) is 0 Å². The second-order valence-electron chi connectivity index (χ2n) is 8.25. The normalized spacial score (nSPS) is 17.6. The van der Waals surface area contributed by atoms with E-state index in [1.54, 1.807) is 12.1 Å². The Morgan fingerprint density at radius 2 is 1.83 bits per heavy atom. The van der Waals surface area contributed by atoms with Gasteiger partial charge in [0, 0.05) is 25.4 Å². The Kier molecular flexibility index (Phi) is 5.74. The summed E-state index contributed by atoms with van der Waals surface area (Å²) in [6.07, 6.45) is 6.48. The molecule has 3 aromatic rings. The molecular weight excluding hydrogens is 382 g/mol. The zero-order valence-electron chi connectivity index (χ0n) is 17.2. The number of hydrogen-bond acceptors (Lipinski definition) is 4. The summed E-state index contributed by atoms with van der Waals surface area (Å²) in [7, 11) is -3.21. The smallest absolute Gasteiger partial charge is 0.175 e. The molecule has 154 valence electrons. The predicted octanol–water partition coefficient (Wildman–Crippen LogP) is 4.27. The Morgan fingerprint density at radius 3 is 2.52 bits per heavy atom. The molecule has 0 spiro atoms. The molecule has 1 atom stereocenters. The number of piperidine rings is 1. The van der Waals surface area contributed by atoms with E-state index < -0.39 is 9.84 Å². The van der Waals surface area contributed by atoms with Crippen LogP contribution in [-0.2, 0) is 9.84 Å². The van der Waals surface area contributed by atoms with Crippen LogP contribution in [0.3, 0.4) is 0 Å². The van der Waals surface area contributed by atoms with Gasteiger partial charge in [0.05, 0.1) is 22.3 Å². The maximum absolute atomic E-state index is 11.8. The van der Waals surface area contributed by atoms with E-state index >= 15 is 0 Å². The largest absolute Gasteiger partial charge is 0.327 e. The van der Waals surface area contributed by atoms with E-state index in [2.05, 4.69) is 51.7 Å². The van der Waals surface area contributed by atoms with E-state index in [-0.39, 0.29) is 0 Å². The zero-order valence-corrected chi connectivity index (χ0v) is 18.0. The molecule has 1 aromatic heterocycles. The van der Waals surface area contributed by atoms with Crippen molar-refractivity contribution in [3.8, 4) is 0 Å². The molecule has 1 aliphatic rings. The van der Waals surface area contributed by atoms with Crippen LogP contribution in [0.2, 0.25) is 0 Å². The van der Waals surface area contributed by atoms with Gasteiger partial charge in [-0.05, 0) is 55.5 Å². The van der Waals surface area contributed by atoms with Gasteiger partial charge in [0.15, 0.2) is 9.84 Å². The lowest BCUT2D eigenvalue weighted by molar-refractivity contribution is 0.184. The van der Waals surface area contributed by atoms with Crippen molar-refractivity contribution >= 4 is 20.9 Å². The second kappa shape index (κ2) is 8.28. The van der Waals surface area contributed by atoms with E-state index in [0.29, 0.717) is 16.9 Å². The number of rotatable bonds is 6. The van der Waals surface area contributed by atoms with Crippen LogP contribution in [0.15, 0.2) is 59.8 Å². The predicted molar refractivity (Wildman–Crippen MR) is 117 cm³/mol. The van der Waals surface area contributed by atoms with Gasteiger partial charge in [0.1, 0.15) is 0 Å². The molecule has 5 nitrogen and oxygen atoms in total. The summed E-state index contributed by atoms with van der Waals surface area (Å²) in [5.74, 6) is 0.579. The lowest BCUT2D eigenvalue weighted by Gasteiger charge is -2.33. The topological polar surface area (TPSA) is 55.2 Å². The summed E-state index contributed by atoms with van der Waals surface area (Å²) < 4.78 is 25.8. The Morgan fingerprint density at radius 1 is 1.10 bits per heavy atom. The fraction of sp³-hybridized carbons (Fsp3) is 0.435. The minimum Gasteiger partial charge on any atom is -0.327 e. The Balaban J connectivity index is 1.36. The van der Waals surface area contributed by atoms with Crippen LogP contribution in [0.25, 0.3) is 11.0 Å². The summed E-state index contributed by atoms with van der Waals surface area (Å²) in [6.45, 7) is 5.62. The van der Waals surface area contributed by atoms with E-state index in [0.717, 1.165) is 43.5 Å². The summed E-state index contributed by atoms with van der Waals surface area (Å²) in [5, 5.41) is 0. The van der Waals surface area contributed by atoms with Crippen molar-refractivity contribution in [3.63, 3.8) is 0 Å². The number of fused-ring (bicyclic) bond motifs is 1. The molecule has 0 radical (unpaired) electrons. The molecular formula is C23H29N3O2S. The fourth-order valence-corrected chi connectivity index (χ4v) is 4.92. The van der Waals surface area contributed by atoms with Gasteiger partial charge >= 0.3 is 0 Å². The molecule has 29 heavy (non-hydrogen) atoms. The molecule has 1 saturated heterocycles. The Labute approximate surface area is 173 Å². The van der Waals surface area contributed by atoms with E-state index in [1.807, 2.05) is 12.4 Å². The molecule has 4 rings (SSSR count). The van der Waals surface area contributed by atoms with Crippen molar-refractivity contribution < 1.29 is 8.42 Å². The average Bonchev–Trinajstić information content (AvgIpc) is 3.16. The lowest BCUT2D eigenvalue weighted by atomic mass is 9.97. The van der Waals surface area contributed by atoms with E-state index in [4.69, 9.17) is 0 Å². The molecule has 6 heteroatoms. The molecule has 0 aliphatic carbocycles. The molecule has 0 saturated carbocycles. The van der Waals surface area contributed by atoms with Gasteiger partial charge < -0.3 is 9.47 Å². The monoisotopic (exact) mass is 411 g/mol. The van der Waals surface area contributed by atoms with Gasteiger partial charge in [-0.25, -0.2) is 13.4 Å². The third kappa shape index (κ3) is 4.54. The molecule has 1 aliphatic heterocycles. The number of hydrogen-bond donors (Lipinski definition) is 0. The Hall–Kier alpha value is -2.18. The maximum Gasteiger partial charge on any atom is 0.175 e. The third-order valence-electron chi connectivity index (χ3n) is 6.17. The first-order valence-electron chi connectivity index (χ1n) is 10.4. The molecule has 1 fully saturated rings. The maximum atomic E-state index is 11.8.